The SMILES string of the molecule is CCNc1nc(-c2sc(COC)nc2C2CC2)cs1. The van der Waals surface area contributed by atoms with Crippen LogP contribution in [0.4, 0.5) is 5.13 Å². The van der Waals surface area contributed by atoms with Crippen molar-refractivity contribution in [1.82, 2.24) is 9.97 Å². The number of anilines is 1. The molecule has 19 heavy (non-hydrogen) atoms. The number of aromatic nitrogens is 2. The quantitative estimate of drug-likeness (QED) is 0.882. The van der Waals surface area contributed by atoms with Crippen molar-refractivity contribution in [3.8, 4) is 10.6 Å². The molecule has 1 N–H and O–H groups in total. The van der Waals surface area contributed by atoms with Crippen LogP contribution in [0, 0.1) is 0 Å². The number of nitrogens with one attached hydrogen (secondary N) is 1. The smallest absolute Gasteiger partial charge is 0.183 e. The van der Waals surface area contributed by atoms with Crippen molar-refractivity contribution in [2.24, 2.45) is 0 Å². The van der Waals surface area contributed by atoms with Crippen LogP contribution in [-0.4, -0.2) is 23.6 Å². The van der Waals surface area contributed by atoms with Crippen molar-refractivity contribution < 1.29 is 4.74 Å². The van der Waals surface area contributed by atoms with Gasteiger partial charge >= 0.3 is 0 Å². The molecule has 0 unspecified atom stereocenters. The highest BCUT2D eigenvalue weighted by molar-refractivity contribution is 7.16. The van der Waals surface area contributed by atoms with E-state index in [-0.39, 0.29) is 0 Å². The third-order valence-electron chi connectivity index (χ3n) is 2.99. The maximum absolute atomic E-state index is 5.19. The summed E-state index contributed by atoms with van der Waals surface area (Å²) in [6, 6.07) is 0. The molecule has 0 bridgehead atoms. The van der Waals surface area contributed by atoms with E-state index in [4.69, 9.17) is 9.72 Å². The maximum atomic E-state index is 5.19. The Morgan fingerprint density at radius 2 is 2.26 bits per heavy atom. The van der Waals surface area contributed by atoms with Crippen molar-refractivity contribution in [1.29, 1.82) is 0 Å². The van der Waals surface area contributed by atoms with Gasteiger partial charge in [0, 0.05) is 25.0 Å². The molecule has 2 heterocycles. The van der Waals surface area contributed by atoms with Gasteiger partial charge in [0.25, 0.3) is 0 Å². The maximum Gasteiger partial charge on any atom is 0.183 e. The lowest BCUT2D eigenvalue weighted by atomic mass is 10.2. The van der Waals surface area contributed by atoms with E-state index in [0.29, 0.717) is 12.5 Å². The Morgan fingerprint density at radius 3 is 2.95 bits per heavy atom. The zero-order valence-electron chi connectivity index (χ0n) is 11.1. The van der Waals surface area contributed by atoms with Crippen molar-refractivity contribution in [2.45, 2.75) is 32.3 Å². The predicted molar refractivity (Wildman–Crippen MR) is 80.1 cm³/mol. The summed E-state index contributed by atoms with van der Waals surface area (Å²) in [5, 5.41) is 7.42. The summed E-state index contributed by atoms with van der Waals surface area (Å²) in [4.78, 5) is 10.6. The van der Waals surface area contributed by atoms with Crippen LogP contribution in [0.15, 0.2) is 5.38 Å². The monoisotopic (exact) mass is 295 g/mol. The van der Waals surface area contributed by atoms with Crippen LogP contribution in [0.1, 0.15) is 36.4 Å². The van der Waals surface area contributed by atoms with Crippen LogP contribution in [0.2, 0.25) is 0 Å². The number of nitrogens with zero attached hydrogens (tertiary/aromatic N) is 2. The minimum Gasteiger partial charge on any atom is -0.378 e. The van der Waals surface area contributed by atoms with E-state index < -0.39 is 0 Å². The van der Waals surface area contributed by atoms with Gasteiger partial charge in [-0.25, -0.2) is 9.97 Å². The fourth-order valence-corrected chi connectivity index (χ4v) is 3.92. The van der Waals surface area contributed by atoms with Crippen LogP contribution >= 0.6 is 22.7 Å². The Labute approximate surface area is 120 Å². The number of ether oxygens (including phenoxy) is 1. The van der Waals surface area contributed by atoms with E-state index in [1.807, 2.05) is 0 Å². The van der Waals surface area contributed by atoms with Gasteiger partial charge in [0.2, 0.25) is 0 Å². The first-order valence-electron chi connectivity index (χ1n) is 6.50. The summed E-state index contributed by atoms with van der Waals surface area (Å²) in [7, 11) is 1.71. The summed E-state index contributed by atoms with van der Waals surface area (Å²) in [6.45, 7) is 3.58. The van der Waals surface area contributed by atoms with Gasteiger partial charge in [-0.3, -0.25) is 0 Å². The Kier molecular flexibility index (Phi) is 3.81. The third kappa shape index (κ3) is 2.80. The van der Waals surface area contributed by atoms with Gasteiger partial charge in [0.15, 0.2) is 5.13 Å². The number of hydrogen-bond acceptors (Lipinski definition) is 6. The summed E-state index contributed by atoms with van der Waals surface area (Å²) in [5.41, 5.74) is 2.29. The van der Waals surface area contributed by atoms with E-state index in [1.165, 1.54) is 23.4 Å². The van der Waals surface area contributed by atoms with Crippen LogP contribution in [0.3, 0.4) is 0 Å². The summed E-state index contributed by atoms with van der Waals surface area (Å²) in [6.07, 6.45) is 2.51. The molecule has 0 spiro atoms. The molecule has 4 nitrogen and oxygen atoms in total. The average molecular weight is 295 g/mol. The molecule has 2 aromatic heterocycles. The molecule has 0 amide bonds. The number of methoxy groups -OCH3 is 1. The first-order valence-corrected chi connectivity index (χ1v) is 8.19. The van der Waals surface area contributed by atoms with Crippen molar-refractivity contribution >= 4 is 27.8 Å². The molecular weight excluding hydrogens is 278 g/mol. The van der Waals surface area contributed by atoms with Gasteiger partial charge in [-0.2, -0.15) is 0 Å². The molecule has 1 saturated carbocycles. The summed E-state index contributed by atoms with van der Waals surface area (Å²) in [5.74, 6) is 0.640. The average Bonchev–Trinajstić information content (AvgIpc) is 2.99. The largest absolute Gasteiger partial charge is 0.378 e. The second-order valence-electron chi connectivity index (χ2n) is 4.60. The summed E-state index contributed by atoms with van der Waals surface area (Å²) < 4.78 is 5.19. The van der Waals surface area contributed by atoms with Gasteiger partial charge in [0.05, 0.1) is 22.9 Å². The van der Waals surface area contributed by atoms with Crippen LogP contribution in [0.25, 0.3) is 10.6 Å². The normalized spacial score (nSPS) is 14.8. The van der Waals surface area contributed by atoms with E-state index in [9.17, 15) is 0 Å². The number of rotatable bonds is 6. The van der Waals surface area contributed by atoms with Crippen molar-refractivity contribution in [2.75, 3.05) is 19.0 Å². The second-order valence-corrected chi connectivity index (χ2v) is 6.54. The number of thiazole rings is 2. The van der Waals surface area contributed by atoms with Gasteiger partial charge < -0.3 is 10.1 Å². The molecule has 6 heteroatoms. The zero-order valence-corrected chi connectivity index (χ0v) is 12.7. The lowest BCUT2D eigenvalue weighted by Crippen LogP contribution is -1.95. The molecule has 1 aliphatic carbocycles. The Morgan fingerprint density at radius 1 is 1.42 bits per heavy atom. The highest BCUT2D eigenvalue weighted by Crippen LogP contribution is 2.46. The topological polar surface area (TPSA) is 47.0 Å². The highest BCUT2D eigenvalue weighted by atomic mass is 32.1. The Bertz CT molecular complexity index is 560. The molecule has 3 rings (SSSR count). The first kappa shape index (κ1) is 13.0. The molecule has 0 atom stereocenters. The minimum atomic E-state index is 0.592. The molecule has 1 fully saturated rings. The fraction of sp³-hybridized carbons (Fsp3) is 0.538. The minimum absolute atomic E-state index is 0.592. The second kappa shape index (κ2) is 5.56. The van der Waals surface area contributed by atoms with E-state index in [0.717, 1.165) is 22.4 Å². The lowest BCUT2D eigenvalue weighted by molar-refractivity contribution is 0.184. The zero-order chi connectivity index (χ0) is 13.2. The lowest BCUT2D eigenvalue weighted by Gasteiger charge is -1.96. The molecule has 0 aliphatic heterocycles. The van der Waals surface area contributed by atoms with Gasteiger partial charge in [-0.05, 0) is 19.8 Å². The van der Waals surface area contributed by atoms with Crippen LogP contribution < -0.4 is 5.32 Å². The van der Waals surface area contributed by atoms with Gasteiger partial charge in [0.1, 0.15) is 5.01 Å². The molecule has 0 radical (unpaired) electrons. The predicted octanol–water partition coefficient (Wildman–Crippen LogP) is 3.72. The van der Waals surface area contributed by atoms with Crippen LogP contribution in [0.5, 0.6) is 0 Å². The summed E-state index contributed by atoms with van der Waals surface area (Å²) >= 11 is 3.38. The molecule has 2 aromatic rings. The van der Waals surface area contributed by atoms with Crippen LogP contribution in [-0.2, 0) is 11.3 Å². The van der Waals surface area contributed by atoms with Gasteiger partial charge in [-0.1, -0.05) is 0 Å². The Balaban J connectivity index is 1.92. The standard InChI is InChI=1S/C13H17N3OS2/c1-3-14-13-15-9(7-18-13)12-11(8-4-5-8)16-10(19-12)6-17-2/h7-8H,3-6H2,1-2H3,(H,14,15). The molecule has 102 valence electrons. The van der Waals surface area contributed by atoms with E-state index >= 15 is 0 Å². The van der Waals surface area contributed by atoms with E-state index in [2.05, 4.69) is 22.6 Å². The fourth-order valence-electron chi connectivity index (χ4n) is 1.99. The molecule has 0 aromatic carbocycles. The third-order valence-corrected chi connectivity index (χ3v) is 4.86. The van der Waals surface area contributed by atoms with Gasteiger partial charge in [-0.15, -0.1) is 22.7 Å². The van der Waals surface area contributed by atoms with Crippen molar-refractivity contribution in [3.05, 3.63) is 16.1 Å². The molecule has 1 aliphatic rings. The first-order chi connectivity index (χ1) is 9.31. The van der Waals surface area contributed by atoms with E-state index in [1.54, 1.807) is 29.8 Å². The van der Waals surface area contributed by atoms with Crippen molar-refractivity contribution in [3.63, 3.8) is 0 Å². The molecule has 0 saturated heterocycles. The highest BCUT2D eigenvalue weighted by Gasteiger charge is 2.30. The molecular formula is C13H17N3OS2. The number of hydrogen-bond donors (Lipinski definition) is 1. The Hall–Kier alpha value is -0.980.